The van der Waals surface area contributed by atoms with Gasteiger partial charge in [-0.05, 0) is 30.2 Å². The lowest BCUT2D eigenvalue weighted by molar-refractivity contribution is 0.414. The van der Waals surface area contributed by atoms with Gasteiger partial charge in [-0.1, -0.05) is 35.3 Å². The topological polar surface area (TPSA) is 60.2 Å². The Hall–Kier alpha value is -1.65. The molecular weight excluding hydrogens is 297 g/mol. The fourth-order valence-electron chi connectivity index (χ4n) is 1.76. The standard InChI is InChI=1S/C14H15Cl2N3O/c1-20-10-4-2-3-9(7-10)5-6-18-14-12(16)8-11(15)13(17)19-14/h2-4,7-8H,5-6H2,1H3,(H3,17,18,19). The van der Waals surface area contributed by atoms with Crippen molar-refractivity contribution in [3.05, 3.63) is 45.9 Å². The molecule has 20 heavy (non-hydrogen) atoms. The molecule has 1 aromatic heterocycles. The second kappa shape index (κ2) is 6.68. The van der Waals surface area contributed by atoms with Gasteiger partial charge in [0.15, 0.2) is 0 Å². The van der Waals surface area contributed by atoms with E-state index >= 15 is 0 Å². The lowest BCUT2D eigenvalue weighted by atomic mass is 10.1. The normalized spacial score (nSPS) is 10.3. The van der Waals surface area contributed by atoms with Crippen LogP contribution in [-0.4, -0.2) is 18.6 Å². The Balaban J connectivity index is 1.97. The molecule has 0 spiro atoms. The van der Waals surface area contributed by atoms with Crippen LogP contribution >= 0.6 is 23.2 Å². The predicted molar refractivity (Wildman–Crippen MR) is 83.9 cm³/mol. The molecule has 4 nitrogen and oxygen atoms in total. The predicted octanol–water partition coefficient (Wildman–Crippen LogP) is 3.63. The molecule has 3 N–H and O–H groups in total. The number of anilines is 2. The van der Waals surface area contributed by atoms with E-state index in [0.717, 1.165) is 17.7 Å². The summed E-state index contributed by atoms with van der Waals surface area (Å²) in [5.41, 5.74) is 6.81. The first-order valence-electron chi connectivity index (χ1n) is 6.08. The van der Waals surface area contributed by atoms with Crippen LogP contribution in [0.2, 0.25) is 10.0 Å². The summed E-state index contributed by atoms with van der Waals surface area (Å²) in [5.74, 6) is 1.64. The van der Waals surface area contributed by atoms with Crippen molar-refractivity contribution in [1.29, 1.82) is 0 Å². The maximum absolute atomic E-state index is 6.05. The molecule has 0 saturated heterocycles. The smallest absolute Gasteiger partial charge is 0.147 e. The number of hydrogen-bond acceptors (Lipinski definition) is 4. The third kappa shape index (κ3) is 3.68. The van der Waals surface area contributed by atoms with Gasteiger partial charge in [0.25, 0.3) is 0 Å². The summed E-state index contributed by atoms with van der Waals surface area (Å²) in [6, 6.07) is 9.48. The van der Waals surface area contributed by atoms with Crippen LogP contribution in [0.3, 0.4) is 0 Å². The highest BCUT2D eigenvalue weighted by atomic mass is 35.5. The number of nitrogens with one attached hydrogen (secondary N) is 1. The molecule has 0 saturated carbocycles. The zero-order valence-corrected chi connectivity index (χ0v) is 12.5. The van der Waals surface area contributed by atoms with Crippen LogP contribution in [0.4, 0.5) is 11.6 Å². The van der Waals surface area contributed by atoms with Gasteiger partial charge in [-0.15, -0.1) is 0 Å². The molecule has 106 valence electrons. The van der Waals surface area contributed by atoms with Crippen LogP contribution in [0.15, 0.2) is 30.3 Å². The number of rotatable bonds is 5. The maximum atomic E-state index is 6.05. The minimum absolute atomic E-state index is 0.264. The van der Waals surface area contributed by atoms with Gasteiger partial charge < -0.3 is 15.8 Å². The van der Waals surface area contributed by atoms with Crippen molar-refractivity contribution in [3.8, 4) is 5.75 Å². The number of pyridine rings is 1. The van der Waals surface area contributed by atoms with Crippen LogP contribution in [0.1, 0.15) is 5.56 Å². The summed E-state index contributed by atoms with van der Waals surface area (Å²) in [7, 11) is 1.65. The Morgan fingerprint density at radius 2 is 2.05 bits per heavy atom. The minimum Gasteiger partial charge on any atom is -0.497 e. The molecule has 2 rings (SSSR count). The summed E-state index contributed by atoms with van der Waals surface area (Å²) >= 11 is 11.9. The monoisotopic (exact) mass is 311 g/mol. The number of aromatic nitrogens is 1. The summed E-state index contributed by atoms with van der Waals surface area (Å²) < 4.78 is 5.18. The van der Waals surface area contributed by atoms with Crippen molar-refractivity contribution in [2.45, 2.75) is 6.42 Å². The molecule has 0 aliphatic carbocycles. The zero-order valence-electron chi connectivity index (χ0n) is 11.0. The number of ether oxygens (including phenoxy) is 1. The summed E-state index contributed by atoms with van der Waals surface area (Å²) in [5, 5.41) is 3.95. The van der Waals surface area contributed by atoms with E-state index in [9.17, 15) is 0 Å². The Morgan fingerprint density at radius 3 is 2.80 bits per heavy atom. The van der Waals surface area contributed by atoms with Crippen molar-refractivity contribution >= 4 is 34.8 Å². The van der Waals surface area contributed by atoms with Crippen LogP contribution < -0.4 is 15.8 Å². The summed E-state index contributed by atoms with van der Waals surface area (Å²) in [6.07, 6.45) is 0.817. The fraction of sp³-hybridized carbons (Fsp3) is 0.214. The van der Waals surface area contributed by atoms with Gasteiger partial charge in [-0.2, -0.15) is 0 Å². The largest absolute Gasteiger partial charge is 0.497 e. The number of halogens is 2. The fourth-order valence-corrected chi connectivity index (χ4v) is 2.18. The maximum Gasteiger partial charge on any atom is 0.147 e. The second-order valence-corrected chi connectivity index (χ2v) is 5.03. The molecule has 6 heteroatoms. The molecule has 0 amide bonds. The first-order valence-corrected chi connectivity index (χ1v) is 6.84. The molecule has 0 radical (unpaired) electrons. The van der Waals surface area contributed by atoms with E-state index in [0.29, 0.717) is 22.4 Å². The third-order valence-electron chi connectivity index (χ3n) is 2.80. The van der Waals surface area contributed by atoms with Crippen LogP contribution in [-0.2, 0) is 6.42 Å². The van der Waals surface area contributed by atoms with Crippen LogP contribution in [0.25, 0.3) is 0 Å². The molecule has 0 unspecified atom stereocenters. The molecule has 0 atom stereocenters. The van der Waals surface area contributed by atoms with E-state index in [1.807, 2.05) is 24.3 Å². The zero-order chi connectivity index (χ0) is 14.5. The summed E-state index contributed by atoms with van der Waals surface area (Å²) in [4.78, 5) is 4.12. The lowest BCUT2D eigenvalue weighted by Gasteiger charge is -2.09. The van der Waals surface area contributed by atoms with Crippen LogP contribution in [0.5, 0.6) is 5.75 Å². The van der Waals surface area contributed by atoms with E-state index in [-0.39, 0.29) is 5.82 Å². The van der Waals surface area contributed by atoms with Crippen molar-refractivity contribution < 1.29 is 4.74 Å². The van der Waals surface area contributed by atoms with Crippen molar-refractivity contribution in [3.63, 3.8) is 0 Å². The molecule has 2 aromatic rings. The highest BCUT2D eigenvalue weighted by Crippen LogP contribution is 2.27. The molecule has 0 bridgehead atoms. The van der Waals surface area contributed by atoms with Crippen molar-refractivity contribution in [1.82, 2.24) is 4.98 Å². The molecule has 1 aromatic carbocycles. The van der Waals surface area contributed by atoms with Gasteiger partial charge in [0, 0.05) is 6.54 Å². The number of methoxy groups -OCH3 is 1. The average Bonchev–Trinajstić information content (AvgIpc) is 2.44. The summed E-state index contributed by atoms with van der Waals surface area (Å²) in [6.45, 7) is 0.682. The highest BCUT2D eigenvalue weighted by molar-refractivity contribution is 6.37. The molecule has 0 aliphatic heterocycles. The Bertz CT molecular complexity index is 605. The van der Waals surface area contributed by atoms with Gasteiger partial charge in [-0.3, -0.25) is 0 Å². The lowest BCUT2D eigenvalue weighted by Crippen LogP contribution is -2.08. The van der Waals surface area contributed by atoms with Gasteiger partial charge >= 0.3 is 0 Å². The van der Waals surface area contributed by atoms with Gasteiger partial charge in [0.2, 0.25) is 0 Å². The van der Waals surface area contributed by atoms with E-state index in [2.05, 4.69) is 10.3 Å². The van der Waals surface area contributed by atoms with Crippen molar-refractivity contribution in [2.75, 3.05) is 24.7 Å². The molecular formula is C14H15Cl2N3O. The van der Waals surface area contributed by atoms with E-state index in [4.69, 9.17) is 33.7 Å². The number of nitrogens with zero attached hydrogens (tertiary/aromatic N) is 1. The SMILES string of the molecule is COc1cccc(CCNc2nc(N)c(Cl)cc2Cl)c1. The van der Waals surface area contributed by atoms with Gasteiger partial charge in [0.05, 0.1) is 17.2 Å². The number of benzene rings is 1. The van der Waals surface area contributed by atoms with E-state index in [1.165, 1.54) is 0 Å². The van der Waals surface area contributed by atoms with Gasteiger partial charge in [0.1, 0.15) is 17.4 Å². The Kier molecular flexibility index (Phi) is 4.93. The average molecular weight is 312 g/mol. The van der Waals surface area contributed by atoms with Crippen LogP contribution in [0, 0.1) is 0 Å². The van der Waals surface area contributed by atoms with E-state index < -0.39 is 0 Å². The number of nitrogen functional groups attached to an aromatic ring is 1. The number of nitrogens with two attached hydrogens (primary N) is 1. The quantitative estimate of drug-likeness (QED) is 0.885. The molecule has 0 fully saturated rings. The first kappa shape index (κ1) is 14.8. The molecule has 0 aliphatic rings. The van der Waals surface area contributed by atoms with E-state index in [1.54, 1.807) is 13.2 Å². The third-order valence-corrected chi connectivity index (χ3v) is 3.39. The first-order chi connectivity index (χ1) is 9.60. The highest BCUT2D eigenvalue weighted by Gasteiger charge is 2.06. The molecule has 1 heterocycles. The number of hydrogen-bond donors (Lipinski definition) is 2. The van der Waals surface area contributed by atoms with Crippen molar-refractivity contribution in [2.24, 2.45) is 0 Å². The minimum atomic E-state index is 0.264. The second-order valence-electron chi connectivity index (χ2n) is 4.21. The Morgan fingerprint density at radius 1 is 1.25 bits per heavy atom. The van der Waals surface area contributed by atoms with Gasteiger partial charge in [-0.25, -0.2) is 4.98 Å². The Labute approximate surface area is 127 Å².